The molecule has 3 aromatic heterocycles. The van der Waals surface area contributed by atoms with Gasteiger partial charge in [-0.2, -0.15) is 0 Å². The Morgan fingerprint density at radius 2 is 1.84 bits per heavy atom. The first kappa shape index (κ1) is 26.6. The number of imidazole rings is 1. The number of rotatable bonds is 9. The van der Waals surface area contributed by atoms with Crippen LogP contribution in [0.4, 0.5) is 15.0 Å². The lowest BCUT2D eigenvalue weighted by molar-refractivity contribution is 0.0749. The number of nitrogens with two attached hydrogens (primary N) is 1. The van der Waals surface area contributed by atoms with E-state index < -0.39 is 19.1 Å². The predicted octanol–water partition coefficient (Wildman–Crippen LogP) is 6.70. The van der Waals surface area contributed by atoms with Crippen molar-refractivity contribution in [3.05, 3.63) is 90.4 Å². The summed E-state index contributed by atoms with van der Waals surface area (Å²) in [6.07, 6.45) is 3.50. The summed E-state index contributed by atoms with van der Waals surface area (Å²) in [6.45, 7) is 1.60. The van der Waals surface area contributed by atoms with Gasteiger partial charge in [-0.05, 0) is 85.5 Å². The van der Waals surface area contributed by atoms with E-state index >= 15 is 0 Å². The minimum atomic E-state index is -2.56. The number of benzene rings is 2. The van der Waals surface area contributed by atoms with Crippen molar-refractivity contribution in [3.63, 3.8) is 0 Å². The van der Waals surface area contributed by atoms with E-state index in [1.165, 1.54) is 12.1 Å². The fourth-order valence-electron chi connectivity index (χ4n) is 5.64. The number of nitrogens with zero attached hydrogens (tertiary/aromatic N) is 6. The fraction of sp³-hybridized carbons (Fsp3) is 0.314. The minimum absolute atomic E-state index is 0.216. The van der Waals surface area contributed by atoms with Gasteiger partial charge >= 0.3 is 6.09 Å². The summed E-state index contributed by atoms with van der Waals surface area (Å²) in [5, 5.41) is 0. The van der Waals surface area contributed by atoms with Crippen LogP contribution in [0, 0.1) is 5.82 Å². The topological polar surface area (TPSA) is 102 Å². The molecule has 1 fully saturated rings. The molecule has 0 atom stereocenters. The third-order valence-corrected chi connectivity index (χ3v) is 8.17. The van der Waals surface area contributed by atoms with Crippen LogP contribution in [0.3, 0.4) is 0 Å². The lowest BCUT2D eigenvalue weighted by Crippen LogP contribution is -2.45. The molecule has 2 aromatic carbocycles. The Bertz CT molecular complexity index is 1870. The number of hydrogen-bond acceptors (Lipinski definition) is 7. The van der Waals surface area contributed by atoms with Gasteiger partial charge in [-0.3, -0.25) is 9.47 Å². The summed E-state index contributed by atoms with van der Waals surface area (Å²) in [5.74, 6) is 0.629. The highest BCUT2D eigenvalue weighted by atomic mass is 19.1. The lowest BCUT2D eigenvalue weighted by Gasteiger charge is -2.36. The van der Waals surface area contributed by atoms with Gasteiger partial charge in [0.1, 0.15) is 17.2 Å². The normalized spacial score (nSPS) is 15.4. The molecule has 0 spiro atoms. The van der Waals surface area contributed by atoms with Crippen molar-refractivity contribution in [1.82, 2.24) is 29.3 Å². The molecule has 232 valence electrons. The molecule has 1 amide bonds. The number of unbranched alkanes of at least 4 members (excludes halogenated alkanes) is 1. The first-order valence-electron chi connectivity index (χ1n) is 16.8. The van der Waals surface area contributed by atoms with Crippen molar-refractivity contribution in [2.24, 2.45) is 0 Å². The second kappa shape index (κ2) is 13.4. The van der Waals surface area contributed by atoms with Crippen molar-refractivity contribution in [2.75, 3.05) is 32.4 Å². The molecule has 1 aliphatic heterocycles. The lowest BCUT2D eigenvalue weighted by atomic mass is 10.0. The van der Waals surface area contributed by atoms with Gasteiger partial charge in [0.2, 0.25) is 0 Å². The van der Waals surface area contributed by atoms with E-state index in [9.17, 15) is 9.18 Å². The highest BCUT2D eigenvalue weighted by molar-refractivity contribution is 5.84. The minimum Gasteiger partial charge on any atom is -0.449 e. The zero-order chi connectivity index (χ0) is 33.8. The van der Waals surface area contributed by atoms with Crippen molar-refractivity contribution in [2.45, 2.75) is 45.2 Å². The van der Waals surface area contributed by atoms with Crippen molar-refractivity contribution >= 4 is 23.1 Å². The van der Waals surface area contributed by atoms with Crippen LogP contribution in [0.25, 0.3) is 39.5 Å². The Hall–Kier alpha value is -4.83. The van der Waals surface area contributed by atoms with Crippen LogP contribution in [0.1, 0.15) is 42.3 Å². The Balaban J connectivity index is 1.23. The van der Waals surface area contributed by atoms with E-state index in [2.05, 4.69) is 9.88 Å². The predicted molar refractivity (Wildman–Crippen MR) is 174 cm³/mol. The fourth-order valence-corrected chi connectivity index (χ4v) is 5.64. The molecule has 45 heavy (non-hydrogen) atoms. The molecule has 1 aliphatic rings. The highest BCUT2D eigenvalue weighted by Crippen LogP contribution is 2.32. The molecule has 9 nitrogen and oxygen atoms in total. The third-order valence-electron chi connectivity index (χ3n) is 8.17. The van der Waals surface area contributed by atoms with Crippen LogP contribution in [-0.2, 0) is 11.3 Å². The molecule has 2 N–H and O–H groups in total. The van der Waals surface area contributed by atoms with Crippen LogP contribution in [0.2, 0.25) is 0 Å². The number of carbonyl (C=O) groups excluding carboxylic acids is 1. The number of halogens is 1. The van der Waals surface area contributed by atoms with Gasteiger partial charge in [0.05, 0.1) is 17.9 Å². The molecule has 4 heterocycles. The Labute approximate surface area is 266 Å². The number of amides is 1. The van der Waals surface area contributed by atoms with Gasteiger partial charge < -0.3 is 15.4 Å². The molecular formula is C35H38FN7O2. The molecule has 5 aromatic rings. The van der Waals surface area contributed by atoms with Crippen molar-refractivity contribution in [3.8, 4) is 28.3 Å². The van der Waals surface area contributed by atoms with Crippen molar-refractivity contribution in [1.29, 1.82) is 0 Å². The first-order valence-corrected chi connectivity index (χ1v) is 15.3. The smallest absolute Gasteiger partial charge is 0.409 e. The van der Waals surface area contributed by atoms with Gasteiger partial charge in [-0.15, -0.1) is 0 Å². The summed E-state index contributed by atoms with van der Waals surface area (Å²) < 4.78 is 44.7. The quantitative estimate of drug-likeness (QED) is 0.185. The van der Waals surface area contributed by atoms with Crippen molar-refractivity contribution < 1.29 is 18.0 Å². The molecule has 0 saturated carbocycles. The number of anilines is 1. The Morgan fingerprint density at radius 3 is 2.56 bits per heavy atom. The highest BCUT2D eigenvalue weighted by Gasteiger charge is 2.26. The SMILES string of the molecule is [2H]C([2H])([2H])N(C(=O)OCCCC)C1CCN(Cc2ccc(-n3c(-c4cccnc4N)nc4ccc(-c5ccc(F)cc5)nc43)cc2)CC1. The second-order valence-electron chi connectivity index (χ2n) is 11.3. The van der Waals surface area contributed by atoms with Gasteiger partial charge in [0, 0.05) is 54.2 Å². The number of piperidine rings is 1. The van der Waals surface area contributed by atoms with E-state index in [1.54, 1.807) is 18.3 Å². The summed E-state index contributed by atoms with van der Waals surface area (Å²) >= 11 is 0. The zero-order valence-electron chi connectivity index (χ0n) is 28.2. The first-order chi connectivity index (χ1) is 23.1. The molecule has 10 heteroatoms. The molecule has 1 saturated heterocycles. The average Bonchev–Trinajstić information content (AvgIpc) is 3.45. The summed E-state index contributed by atoms with van der Waals surface area (Å²) in [6, 6.07) is 21.4. The molecule has 0 bridgehead atoms. The summed E-state index contributed by atoms with van der Waals surface area (Å²) in [4.78, 5) is 30.0. The maximum atomic E-state index is 13.6. The number of fused-ring (bicyclic) bond motifs is 1. The molecular weight excluding hydrogens is 569 g/mol. The van der Waals surface area contributed by atoms with E-state index in [-0.39, 0.29) is 12.4 Å². The van der Waals surface area contributed by atoms with Crippen LogP contribution in [0.5, 0.6) is 0 Å². The van der Waals surface area contributed by atoms with E-state index in [4.69, 9.17) is 24.6 Å². The van der Waals surface area contributed by atoms with Crippen LogP contribution in [0.15, 0.2) is 79.0 Å². The number of likely N-dealkylation sites (tertiary alicyclic amines) is 1. The third kappa shape index (κ3) is 6.66. The Kier molecular flexibility index (Phi) is 7.93. The molecule has 0 unspecified atom stereocenters. The van der Waals surface area contributed by atoms with Crippen LogP contribution >= 0.6 is 0 Å². The zero-order valence-corrected chi connectivity index (χ0v) is 25.2. The van der Waals surface area contributed by atoms with Crippen LogP contribution < -0.4 is 5.73 Å². The molecule has 6 rings (SSSR count). The Morgan fingerprint density at radius 1 is 1.07 bits per heavy atom. The largest absolute Gasteiger partial charge is 0.449 e. The van der Waals surface area contributed by atoms with E-state index in [0.717, 1.165) is 28.1 Å². The second-order valence-corrected chi connectivity index (χ2v) is 11.3. The number of hydrogen-bond donors (Lipinski definition) is 1. The maximum absolute atomic E-state index is 13.6. The van der Waals surface area contributed by atoms with Gasteiger partial charge in [0.15, 0.2) is 11.5 Å². The summed E-state index contributed by atoms with van der Waals surface area (Å²) in [7, 11) is 0. The standard InChI is InChI=1S/C35H38FN7O2/c1-3-4-22-45-35(44)41(2)27-17-20-42(21-18-27)23-24-7-13-28(14-8-24)43-33(29-6-5-19-38-32(29)37)40-31-16-15-30(39-34(31)43)25-9-11-26(36)12-10-25/h5-16,19,27H,3-4,17-18,20-23H2,1-2H3,(H2,37,38)/i2D3. The van der Waals surface area contributed by atoms with Gasteiger partial charge in [-0.25, -0.2) is 24.1 Å². The molecule has 0 aliphatic carbocycles. The number of pyridine rings is 2. The average molecular weight is 611 g/mol. The number of nitrogen functional groups attached to an aromatic ring is 1. The van der Waals surface area contributed by atoms with E-state index in [0.29, 0.717) is 73.0 Å². The van der Waals surface area contributed by atoms with Crippen LogP contribution in [-0.4, -0.2) is 68.1 Å². The van der Waals surface area contributed by atoms with E-state index in [1.807, 2.05) is 60.0 Å². The number of aromatic nitrogens is 4. The maximum Gasteiger partial charge on any atom is 0.409 e. The number of ether oxygens (including phenoxy) is 1. The summed E-state index contributed by atoms with van der Waals surface area (Å²) in [5.41, 5.74) is 11.6. The molecule has 0 radical (unpaired) electrons. The van der Waals surface area contributed by atoms with Gasteiger partial charge in [0.25, 0.3) is 0 Å². The number of carbonyl (C=O) groups is 1. The monoisotopic (exact) mass is 610 g/mol. The van der Waals surface area contributed by atoms with Gasteiger partial charge in [-0.1, -0.05) is 25.5 Å².